The van der Waals surface area contributed by atoms with Crippen molar-refractivity contribution in [3.63, 3.8) is 0 Å². The molecule has 0 radical (unpaired) electrons. The smallest absolute Gasteiger partial charge is 0.235 e. The number of fused-ring (bicyclic) bond motifs is 1. The number of rotatable bonds is 8. The van der Waals surface area contributed by atoms with Crippen LogP contribution in [-0.2, 0) is 28.9 Å². The Hall–Kier alpha value is -2.67. The van der Waals surface area contributed by atoms with E-state index in [2.05, 4.69) is 28.5 Å². The summed E-state index contributed by atoms with van der Waals surface area (Å²) in [5, 5.41) is 22.6. The lowest BCUT2D eigenvalue weighted by Gasteiger charge is -2.17. The molecule has 166 valence electrons. The first-order valence-corrected chi connectivity index (χ1v) is 12.4. The van der Waals surface area contributed by atoms with E-state index in [4.69, 9.17) is 4.74 Å². The predicted molar refractivity (Wildman–Crippen MR) is 127 cm³/mol. The lowest BCUT2D eigenvalue weighted by atomic mass is 9.89. The minimum absolute atomic E-state index is 0.152. The fourth-order valence-corrected chi connectivity index (χ4v) is 5.97. The zero-order valence-corrected chi connectivity index (χ0v) is 19.8. The van der Waals surface area contributed by atoms with Crippen LogP contribution in [0.5, 0.6) is 0 Å². The first-order valence-electron chi connectivity index (χ1n) is 10.6. The van der Waals surface area contributed by atoms with Gasteiger partial charge in [0.2, 0.25) is 5.91 Å². The van der Waals surface area contributed by atoms with Gasteiger partial charge in [-0.25, -0.2) is 0 Å². The molecule has 0 saturated heterocycles. The number of nitriles is 1. The Balaban J connectivity index is 1.47. The third-order valence-corrected chi connectivity index (χ3v) is 7.61. The summed E-state index contributed by atoms with van der Waals surface area (Å²) in [5.74, 6) is 1.39. The van der Waals surface area contributed by atoms with Gasteiger partial charge < -0.3 is 10.1 Å². The van der Waals surface area contributed by atoms with E-state index in [9.17, 15) is 10.1 Å². The number of anilines is 1. The Morgan fingerprint density at radius 1 is 1.38 bits per heavy atom. The van der Waals surface area contributed by atoms with E-state index in [-0.39, 0.29) is 11.7 Å². The van der Waals surface area contributed by atoms with E-state index >= 15 is 0 Å². The van der Waals surface area contributed by atoms with E-state index in [1.807, 2.05) is 34.9 Å². The standard InChI is InChI=1S/C23H25N5O2S2/c1-15-8-9-17-18(13-24)22(32-19(17)12-15)25-20(29)14-31-23-27-26-21(28(23)10-11-30-2)16-6-4-3-5-7-16/h3-7,15H,8-12,14H2,1-2H3,(H,25,29). The molecular formula is C23H25N5O2S2. The number of aromatic nitrogens is 3. The van der Waals surface area contributed by atoms with Crippen LogP contribution in [0.25, 0.3) is 11.4 Å². The number of ether oxygens (including phenoxy) is 1. The summed E-state index contributed by atoms with van der Waals surface area (Å²) < 4.78 is 7.22. The van der Waals surface area contributed by atoms with Crippen molar-refractivity contribution in [3.8, 4) is 17.5 Å². The molecule has 1 aliphatic rings. The van der Waals surface area contributed by atoms with Crippen molar-refractivity contribution >= 4 is 34.0 Å². The number of hydrogen-bond acceptors (Lipinski definition) is 7. The molecule has 9 heteroatoms. The third kappa shape index (κ3) is 4.88. The van der Waals surface area contributed by atoms with Crippen LogP contribution >= 0.6 is 23.1 Å². The van der Waals surface area contributed by atoms with Gasteiger partial charge in [-0.1, -0.05) is 49.0 Å². The van der Waals surface area contributed by atoms with Gasteiger partial charge in [0.05, 0.1) is 24.5 Å². The molecule has 32 heavy (non-hydrogen) atoms. The molecule has 1 amide bonds. The van der Waals surface area contributed by atoms with E-state index in [1.54, 1.807) is 18.4 Å². The molecule has 1 aromatic carbocycles. The van der Waals surface area contributed by atoms with Gasteiger partial charge in [0.1, 0.15) is 11.1 Å². The summed E-state index contributed by atoms with van der Waals surface area (Å²) in [7, 11) is 1.65. The minimum atomic E-state index is -0.152. The summed E-state index contributed by atoms with van der Waals surface area (Å²) in [6, 6.07) is 12.1. The number of amides is 1. The second kappa shape index (κ2) is 10.3. The van der Waals surface area contributed by atoms with Crippen LogP contribution in [0.15, 0.2) is 35.5 Å². The molecule has 1 atom stereocenters. The second-order valence-electron chi connectivity index (χ2n) is 7.82. The first-order chi connectivity index (χ1) is 15.6. The number of benzene rings is 1. The Kier molecular flexibility index (Phi) is 7.25. The molecule has 0 fully saturated rings. The molecule has 0 saturated carbocycles. The van der Waals surface area contributed by atoms with Gasteiger partial charge in [-0.15, -0.1) is 21.5 Å². The number of carbonyl (C=O) groups is 1. The molecule has 3 aromatic rings. The van der Waals surface area contributed by atoms with Gasteiger partial charge in [0.25, 0.3) is 0 Å². The summed E-state index contributed by atoms with van der Waals surface area (Å²) in [6.45, 7) is 3.33. The van der Waals surface area contributed by atoms with Crippen LogP contribution in [0, 0.1) is 17.2 Å². The Bertz CT molecular complexity index is 1130. The van der Waals surface area contributed by atoms with Gasteiger partial charge in [-0.3, -0.25) is 9.36 Å². The van der Waals surface area contributed by atoms with Crippen LogP contribution < -0.4 is 5.32 Å². The average molecular weight is 468 g/mol. The maximum Gasteiger partial charge on any atom is 0.235 e. The fraction of sp³-hybridized carbons (Fsp3) is 0.391. The SMILES string of the molecule is COCCn1c(SCC(=O)Nc2sc3c(c2C#N)CCC(C)C3)nnc1-c1ccccc1. The highest BCUT2D eigenvalue weighted by molar-refractivity contribution is 7.99. The quantitative estimate of drug-likeness (QED) is 0.494. The molecule has 2 heterocycles. The molecule has 1 unspecified atom stereocenters. The molecule has 0 spiro atoms. The summed E-state index contributed by atoms with van der Waals surface area (Å²) in [4.78, 5) is 13.9. The number of thioether (sulfide) groups is 1. The average Bonchev–Trinajstić information content (AvgIpc) is 3.36. The highest BCUT2D eigenvalue weighted by Gasteiger charge is 2.25. The van der Waals surface area contributed by atoms with Gasteiger partial charge in [-0.05, 0) is 30.7 Å². The van der Waals surface area contributed by atoms with Gasteiger partial charge in [-0.2, -0.15) is 5.26 Å². The number of nitrogens with zero attached hydrogens (tertiary/aromatic N) is 4. The molecular weight excluding hydrogens is 442 g/mol. The van der Waals surface area contributed by atoms with Crippen molar-refractivity contribution < 1.29 is 9.53 Å². The first kappa shape index (κ1) is 22.5. The Labute approximate surface area is 195 Å². The number of methoxy groups -OCH3 is 1. The summed E-state index contributed by atoms with van der Waals surface area (Å²) in [5.41, 5.74) is 2.71. The molecule has 1 N–H and O–H groups in total. The van der Waals surface area contributed by atoms with Crippen LogP contribution in [0.4, 0.5) is 5.00 Å². The zero-order valence-electron chi connectivity index (χ0n) is 18.1. The summed E-state index contributed by atoms with van der Waals surface area (Å²) >= 11 is 2.88. The maximum absolute atomic E-state index is 12.7. The highest BCUT2D eigenvalue weighted by atomic mass is 32.2. The van der Waals surface area contributed by atoms with E-state index in [0.29, 0.717) is 34.8 Å². The van der Waals surface area contributed by atoms with Crippen molar-refractivity contribution in [2.45, 2.75) is 37.9 Å². The zero-order chi connectivity index (χ0) is 22.5. The molecule has 2 aromatic heterocycles. The predicted octanol–water partition coefficient (Wildman–Crippen LogP) is 4.38. The van der Waals surface area contributed by atoms with Crippen molar-refractivity contribution in [3.05, 3.63) is 46.3 Å². The van der Waals surface area contributed by atoms with Gasteiger partial charge in [0, 0.05) is 17.6 Å². The number of carbonyl (C=O) groups excluding carboxylic acids is 1. The van der Waals surface area contributed by atoms with Crippen molar-refractivity contribution in [2.75, 3.05) is 24.8 Å². The number of thiophene rings is 1. The lowest BCUT2D eigenvalue weighted by molar-refractivity contribution is -0.113. The van der Waals surface area contributed by atoms with Crippen LogP contribution in [0.2, 0.25) is 0 Å². The topological polar surface area (TPSA) is 92.8 Å². The Morgan fingerprint density at radius 3 is 2.94 bits per heavy atom. The molecule has 1 aliphatic carbocycles. The van der Waals surface area contributed by atoms with Crippen LogP contribution in [-0.4, -0.2) is 40.1 Å². The maximum atomic E-state index is 12.7. The van der Waals surface area contributed by atoms with Crippen LogP contribution in [0.1, 0.15) is 29.3 Å². The van der Waals surface area contributed by atoms with Crippen molar-refractivity contribution in [2.24, 2.45) is 5.92 Å². The molecule has 7 nitrogen and oxygen atoms in total. The lowest BCUT2D eigenvalue weighted by Crippen LogP contribution is -2.15. The minimum Gasteiger partial charge on any atom is -0.383 e. The largest absolute Gasteiger partial charge is 0.383 e. The van der Waals surface area contributed by atoms with E-state index < -0.39 is 0 Å². The van der Waals surface area contributed by atoms with E-state index in [1.165, 1.54) is 16.6 Å². The second-order valence-corrected chi connectivity index (χ2v) is 9.87. The number of nitrogens with one attached hydrogen (secondary N) is 1. The van der Waals surface area contributed by atoms with E-state index in [0.717, 1.165) is 36.2 Å². The van der Waals surface area contributed by atoms with Gasteiger partial charge >= 0.3 is 0 Å². The number of hydrogen-bond donors (Lipinski definition) is 1. The van der Waals surface area contributed by atoms with Crippen molar-refractivity contribution in [1.29, 1.82) is 5.26 Å². The fourth-order valence-electron chi connectivity index (χ4n) is 3.83. The summed E-state index contributed by atoms with van der Waals surface area (Å²) in [6.07, 6.45) is 2.97. The highest BCUT2D eigenvalue weighted by Crippen LogP contribution is 2.39. The molecule has 4 rings (SSSR count). The normalized spacial score (nSPS) is 15.2. The van der Waals surface area contributed by atoms with Crippen molar-refractivity contribution in [1.82, 2.24) is 14.8 Å². The van der Waals surface area contributed by atoms with Crippen LogP contribution in [0.3, 0.4) is 0 Å². The molecule has 0 bridgehead atoms. The van der Waals surface area contributed by atoms with Gasteiger partial charge in [0.15, 0.2) is 11.0 Å². The Morgan fingerprint density at radius 2 is 2.19 bits per heavy atom. The monoisotopic (exact) mass is 467 g/mol. The third-order valence-electron chi connectivity index (χ3n) is 5.48. The molecule has 0 aliphatic heterocycles.